The third-order valence-electron chi connectivity index (χ3n) is 3.30. The third-order valence-corrected chi connectivity index (χ3v) is 3.30. The number of aryl methyl sites for hydroxylation is 2. The summed E-state index contributed by atoms with van der Waals surface area (Å²) in [4.78, 5) is 12.1. The number of nitrogens with zero attached hydrogens (tertiary/aromatic N) is 3. The summed E-state index contributed by atoms with van der Waals surface area (Å²) in [6.07, 6.45) is 2.32. The largest absolute Gasteiger partial charge is 0.385 e. The van der Waals surface area contributed by atoms with Crippen molar-refractivity contribution in [3.8, 4) is 0 Å². The van der Waals surface area contributed by atoms with Crippen LogP contribution < -0.4 is 10.6 Å². The minimum atomic E-state index is -0.0664. The maximum atomic E-state index is 12.1. The lowest BCUT2D eigenvalue weighted by molar-refractivity contribution is 0.0954. The third kappa shape index (κ3) is 3.81. The van der Waals surface area contributed by atoms with Crippen LogP contribution in [0.2, 0.25) is 0 Å². The number of nitrogens with one attached hydrogen (secondary N) is 2. The van der Waals surface area contributed by atoms with Gasteiger partial charge in [0.15, 0.2) is 0 Å². The smallest absolute Gasteiger partial charge is 0.251 e. The number of carbonyl (C=O) groups is 1. The molecule has 2 N–H and O–H groups in total. The van der Waals surface area contributed by atoms with E-state index in [1.807, 2.05) is 43.7 Å². The molecule has 1 heterocycles. The molecule has 0 aliphatic carbocycles. The molecule has 1 aromatic heterocycles. The second-order valence-corrected chi connectivity index (χ2v) is 4.92. The molecule has 1 aromatic carbocycles. The van der Waals surface area contributed by atoms with Crippen LogP contribution in [0.4, 0.5) is 5.69 Å². The quantitative estimate of drug-likeness (QED) is 0.845. The lowest BCUT2D eigenvalue weighted by Crippen LogP contribution is -2.26. The van der Waals surface area contributed by atoms with Crippen molar-refractivity contribution in [2.24, 2.45) is 7.05 Å². The molecule has 112 valence electrons. The molecule has 6 heteroatoms. The van der Waals surface area contributed by atoms with E-state index in [2.05, 4.69) is 20.8 Å². The summed E-state index contributed by atoms with van der Waals surface area (Å²) in [6.45, 7) is 5.45. The SMILES string of the molecule is CCNc1ccc(C(=O)NCCc2nncn2C)cc1C. The summed E-state index contributed by atoms with van der Waals surface area (Å²) in [6, 6.07) is 5.68. The minimum Gasteiger partial charge on any atom is -0.385 e. The fraction of sp³-hybridized carbons (Fsp3) is 0.400. The van der Waals surface area contributed by atoms with Crippen LogP contribution in [0.15, 0.2) is 24.5 Å². The number of benzene rings is 1. The van der Waals surface area contributed by atoms with Crippen LogP contribution >= 0.6 is 0 Å². The van der Waals surface area contributed by atoms with Crippen molar-refractivity contribution in [3.05, 3.63) is 41.5 Å². The van der Waals surface area contributed by atoms with Crippen LogP contribution in [0.25, 0.3) is 0 Å². The maximum Gasteiger partial charge on any atom is 0.251 e. The normalized spacial score (nSPS) is 10.4. The Morgan fingerprint density at radius 3 is 2.81 bits per heavy atom. The van der Waals surface area contributed by atoms with Gasteiger partial charge in [0.25, 0.3) is 5.91 Å². The number of aromatic nitrogens is 3. The van der Waals surface area contributed by atoms with Gasteiger partial charge in [0.2, 0.25) is 0 Å². The fourth-order valence-corrected chi connectivity index (χ4v) is 2.12. The molecule has 0 atom stereocenters. The predicted octanol–water partition coefficient (Wildman–Crippen LogP) is 1.53. The highest BCUT2D eigenvalue weighted by molar-refractivity contribution is 5.94. The van der Waals surface area contributed by atoms with E-state index in [0.29, 0.717) is 18.5 Å². The fourth-order valence-electron chi connectivity index (χ4n) is 2.12. The predicted molar refractivity (Wildman–Crippen MR) is 82.4 cm³/mol. The molecule has 2 aromatic rings. The molecule has 0 aliphatic rings. The Balaban J connectivity index is 1.91. The van der Waals surface area contributed by atoms with Gasteiger partial charge in [-0.25, -0.2) is 0 Å². The lowest BCUT2D eigenvalue weighted by Gasteiger charge is -2.10. The summed E-state index contributed by atoms with van der Waals surface area (Å²) >= 11 is 0. The van der Waals surface area contributed by atoms with Crippen molar-refractivity contribution in [2.45, 2.75) is 20.3 Å². The number of hydrogen-bond acceptors (Lipinski definition) is 4. The van der Waals surface area contributed by atoms with Crippen LogP contribution in [0.3, 0.4) is 0 Å². The Bertz CT molecular complexity index is 620. The summed E-state index contributed by atoms with van der Waals surface area (Å²) in [5.74, 6) is 0.789. The van der Waals surface area contributed by atoms with Crippen molar-refractivity contribution >= 4 is 11.6 Å². The summed E-state index contributed by atoms with van der Waals surface area (Å²) < 4.78 is 1.85. The van der Waals surface area contributed by atoms with Gasteiger partial charge in [0.1, 0.15) is 12.2 Å². The minimum absolute atomic E-state index is 0.0664. The van der Waals surface area contributed by atoms with Crippen molar-refractivity contribution < 1.29 is 4.79 Å². The zero-order chi connectivity index (χ0) is 15.2. The molecule has 0 saturated heterocycles. The van der Waals surface area contributed by atoms with Crippen molar-refractivity contribution in [2.75, 3.05) is 18.4 Å². The first-order chi connectivity index (χ1) is 10.1. The molecule has 0 aliphatic heterocycles. The van der Waals surface area contributed by atoms with E-state index in [9.17, 15) is 4.79 Å². The van der Waals surface area contributed by atoms with Crippen LogP contribution in [-0.2, 0) is 13.5 Å². The number of carbonyl (C=O) groups excluding carboxylic acids is 1. The summed E-state index contributed by atoms with van der Waals surface area (Å²) in [5, 5.41) is 14.0. The monoisotopic (exact) mass is 287 g/mol. The molecular formula is C15H21N5O. The molecule has 6 nitrogen and oxygen atoms in total. The van der Waals surface area contributed by atoms with Crippen LogP contribution in [0.5, 0.6) is 0 Å². The molecule has 0 bridgehead atoms. The Morgan fingerprint density at radius 1 is 1.38 bits per heavy atom. The van der Waals surface area contributed by atoms with E-state index >= 15 is 0 Å². The Hall–Kier alpha value is -2.37. The first kappa shape index (κ1) is 15.0. The summed E-state index contributed by atoms with van der Waals surface area (Å²) in [7, 11) is 1.89. The summed E-state index contributed by atoms with van der Waals surface area (Å²) in [5.41, 5.74) is 2.80. The number of hydrogen-bond donors (Lipinski definition) is 2. The molecule has 1 amide bonds. The van der Waals surface area contributed by atoms with Gasteiger partial charge in [0.05, 0.1) is 0 Å². The molecule has 0 fully saturated rings. The molecular weight excluding hydrogens is 266 g/mol. The van der Waals surface area contributed by atoms with Crippen molar-refractivity contribution in [3.63, 3.8) is 0 Å². The van der Waals surface area contributed by atoms with Crippen LogP contribution in [0, 0.1) is 6.92 Å². The molecule has 0 radical (unpaired) electrons. The second kappa shape index (κ2) is 6.88. The van der Waals surface area contributed by atoms with Gasteiger partial charge in [-0.3, -0.25) is 4.79 Å². The first-order valence-electron chi connectivity index (χ1n) is 7.07. The van der Waals surface area contributed by atoms with Gasteiger partial charge in [-0.1, -0.05) is 0 Å². The zero-order valence-corrected chi connectivity index (χ0v) is 12.7. The van der Waals surface area contributed by atoms with E-state index < -0.39 is 0 Å². The Labute approximate surface area is 124 Å². The standard InChI is InChI=1S/C15H21N5O/c1-4-16-13-6-5-12(9-11(13)2)15(21)17-8-7-14-19-18-10-20(14)3/h5-6,9-10,16H,4,7-8H2,1-3H3,(H,17,21). The molecule has 21 heavy (non-hydrogen) atoms. The molecule has 0 unspecified atom stereocenters. The van der Waals surface area contributed by atoms with Gasteiger partial charge < -0.3 is 15.2 Å². The Kier molecular flexibility index (Phi) is 4.92. The molecule has 0 saturated carbocycles. The first-order valence-corrected chi connectivity index (χ1v) is 7.07. The number of anilines is 1. The average molecular weight is 287 g/mol. The van der Waals surface area contributed by atoms with E-state index in [1.54, 1.807) is 6.33 Å². The van der Waals surface area contributed by atoms with Gasteiger partial charge >= 0.3 is 0 Å². The second-order valence-electron chi connectivity index (χ2n) is 4.92. The highest BCUT2D eigenvalue weighted by Gasteiger charge is 2.08. The Morgan fingerprint density at radius 2 is 2.19 bits per heavy atom. The van der Waals surface area contributed by atoms with E-state index in [4.69, 9.17) is 0 Å². The van der Waals surface area contributed by atoms with Crippen LogP contribution in [-0.4, -0.2) is 33.8 Å². The molecule has 2 rings (SSSR count). The highest BCUT2D eigenvalue weighted by atomic mass is 16.1. The average Bonchev–Trinajstić information content (AvgIpc) is 2.87. The van der Waals surface area contributed by atoms with E-state index in [-0.39, 0.29) is 5.91 Å². The zero-order valence-electron chi connectivity index (χ0n) is 12.7. The van der Waals surface area contributed by atoms with Crippen LogP contribution in [0.1, 0.15) is 28.7 Å². The highest BCUT2D eigenvalue weighted by Crippen LogP contribution is 2.16. The van der Waals surface area contributed by atoms with Gasteiger partial charge in [0, 0.05) is 37.8 Å². The molecule has 0 spiro atoms. The van der Waals surface area contributed by atoms with Gasteiger partial charge in [-0.2, -0.15) is 0 Å². The van der Waals surface area contributed by atoms with Crippen molar-refractivity contribution in [1.29, 1.82) is 0 Å². The lowest BCUT2D eigenvalue weighted by atomic mass is 10.1. The van der Waals surface area contributed by atoms with E-state index in [1.165, 1.54) is 0 Å². The topological polar surface area (TPSA) is 71.8 Å². The number of amides is 1. The van der Waals surface area contributed by atoms with E-state index in [0.717, 1.165) is 23.6 Å². The number of rotatable bonds is 6. The van der Waals surface area contributed by atoms with Gasteiger partial charge in [-0.15, -0.1) is 10.2 Å². The van der Waals surface area contributed by atoms with Crippen molar-refractivity contribution in [1.82, 2.24) is 20.1 Å². The maximum absolute atomic E-state index is 12.1. The van der Waals surface area contributed by atoms with Gasteiger partial charge in [-0.05, 0) is 37.6 Å².